The van der Waals surface area contributed by atoms with Gasteiger partial charge in [0.25, 0.3) is 0 Å². The molecule has 0 bridgehead atoms. The largest absolute Gasteiger partial charge is 0.467 e. The summed E-state index contributed by atoms with van der Waals surface area (Å²) in [6, 6.07) is 0. The maximum atomic E-state index is 11.6. The van der Waals surface area contributed by atoms with E-state index in [-0.39, 0.29) is 6.42 Å². The molecule has 1 nitrogen and oxygen atoms in total. The molecule has 7 heteroatoms. The SMILES string of the molecule is CCCN(C(F)(F)F)C(F)(F)F. The molecule has 0 rings (SSSR count). The predicted molar refractivity (Wildman–Crippen MR) is 29.1 cm³/mol. The summed E-state index contributed by atoms with van der Waals surface area (Å²) in [5.41, 5.74) is 0. The van der Waals surface area contributed by atoms with Crippen molar-refractivity contribution in [3.05, 3.63) is 0 Å². The van der Waals surface area contributed by atoms with Crippen molar-refractivity contribution in [1.82, 2.24) is 4.90 Å². The van der Waals surface area contributed by atoms with Crippen LogP contribution in [0.3, 0.4) is 0 Å². The van der Waals surface area contributed by atoms with Gasteiger partial charge >= 0.3 is 12.6 Å². The molecule has 0 atom stereocenters. The van der Waals surface area contributed by atoms with Crippen molar-refractivity contribution < 1.29 is 26.3 Å². The number of hydrogen-bond acceptors (Lipinski definition) is 1. The number of halogens is 6. The van der Waals surface area contributed by atoms with E-state index in [1.807, 2.05) is 0 Å². The van der Waals surface area contributed by atoms with Gasteiger partial charge in [-0.1, -0.05) is 6.92 Å². The topological polar surface area (TPSA) is 3.24 Å². The number of alkyl halides is 6. The Morgan fingerprint density at radius 1 is 0.917 bits per heavy atom. The van der Waals surface area contributed by atoms with Crippen molar-refractivity contribution in [3.8, 4) is 0 Å². The Labute approximate surface area is 65.0 Å². The zero-order valence-electron chi connectivity index (χ0n) is 6.13. The van der Waals surface area contributed by atoms with Crippen molar-refractivity contribution in [2.24, 2.45) is 0 Å². The van der Waals surface area contributed by atoms with E-state index >= 15 is 0 Å². The fourth-order valence-corrected chi connectivity index (χ4v) is 0.621. The average molecular weight is 195 g/mol. The first-order chi connectivity index (χ1) is 5.19. The summed E-state index contributed by atoms with van der Waals surface area (Å²) in [7, 11) is 0. The zero-order chi connectivity index (χ0) is 9.99. The normalized spacial score (nSPS) is 14.0. The van der Waals surface area contributed by atoms with Crippen molar-refractivity contribution in [3.63, 3.8) is 0 Å². The van der Waals surface area contributed by atoms with Gasteiger partial charge in [-0.15, -0.1) is 4.90 Å². The molecule has 0 saturated carbocycles. The lowest BCUT2D eigenvalue weighted by Crippen LogP contribution is -2.48. The van der Waals surface area contributed by atoms with Gasteiger partial charge in [0.1, 0.15) is 0 Å². The molecule has 0 aromatic carbocycles. The summed E-state index contributed by atoms with van der Waals surface area (Å²) >= 11 is 0. The Morgan fingerprint density at radius 3 is 1.33 bits per heavy atom. The number of hydrogen-bond donors (Lipinski definition) is 0. The molecule has 0 aliphatic heterocycles. The first-order valence-electron chi connectivity index (χ1n) is 3.10. The van der Waals surface area contributed by atoms with Crippen LogP contribution in [-0.2, 0) is 0 Å². The molecule has 0 heterocycles. The Bertz CT molecular complexity index is 122. The fraction of sp³-hybridized carbons (Fsp3) is 1.00. The molecular weight excluding hydrogens is 188 g/mol. The Balaban J connectivity index is 4.45. The Morgan fingerprint density at radius 2 is 1.25 bits per heavy atom. The van der Waals surface area contributed by atoms with E-state index in [0.29, 0.717) is 0 Å². The van der Waals surface area contributed by atoms with E-state index in [0.717, 1.165) is 0 Å². The van der Waals surface area contributed by atoms with E-state index in [4.69, 9.17) is 0 Å². The fourth-order valence-electron chi connectivity index (χ4n) is 0.621. The molecule has 0 unspecified atom stereocenters. The summed E-state index contributed by atoms with van der Waals surface area (Å²) in [5.74, 6) is 0. The van der Waals surface area contributed by atoms with Gasteiger partial charge in [-0.2, -0.15) is 26.3 Å². The van der Waals surface area contributed by atoms with E-state index in [1.54, 1.807) is 0 Å². The highest BCUT2D eigenvalue weighted by Crippen LogP contribution is 2.33. The van der Waals surface area contributed by atoms with Gasteiger partial charge in [-0.05, 0) is 6.42 Å². The Hall–Kier alpha value is -0.460. The first-order valence-corrected chi connectivity index (χ1v) is 3.10. The van der Waals surface area contributed by atoms with Crippen molar-refractivity contribution in [1.29, 1.82) is 0 Å². The molecule has 12 heavy (non-hydrogen) atoms. The van der Waals surface area contributed by atoms with Crippen LogP contribution in [0.4, 0.5) is 26.3 Å². The van der Waals surface area contributed by atoms with Crippen LogP contribution >= 0.6 is 0 Å². The van der Waals surface area contributed by atoms with E-state index in [9.17, 15) is 26.3 Å². The third-order valence-corrected chi connectivity index (χ3v) is 1.06. The molecule has 0 aliphatic rings. The molecule has 0 radical (unpaired) electrons. The summed E-state index contributed by atoms with van der Waals surface area (Å²) in [4.78, 5) is -1.44. The van der Waals surface area contributed by atoms with Crippen molar-refractivity contribution >= 4 is 0 Å². The third kappa shape index (κ3) is 3.29. The minimum atomic E-state index is -5.34. The molecule has 0 amide bonds. The summed E-state index contributed by atoms with van der Waals surface area (Å²) in [6.45, 7) is 0.178. The van der Waals surface area contributed by atoms with Crippen LogP contribution in [0, 0.1) is 0 Å². The zero-order valence-corrected chi connectivity index (χ0v) is 6.13. The maximum absolute atomic E-state index is 11.6. The smallest absolute Gasteiger partial charge is 0.155 e. The molecule has 0 aromatic rings. The second-order valence-corrected chi connectivity index (χ2v) is 2.09. The van der Waals surface area contributed by atoms with Crippen LogP contribution in [0.2, 0.25) is 0 Å². The molecule has 0 aliphatic carbocycles. The summed E-state index contributed by atoms with van der Waals surface area (Å²) < 4.78 is 69.7. The standard InChI is InChI=1S/C5H7F6N/c1-2-3-12(4(6,7)8)5(9,10)11/h2-3H2,1H3. The van der Waals surface area contributed by atoms with Crippen LogP contribution in [-0.4, -0.2) is 24.0 Å². The van der Waals surface area contributed by atoms with Crippen LogP contribution < -0.4 is 0 Å². The van der Waals surface area contributed by atoms with Crippen LogP contribution in [0.15, 0.2) is 0 Å². The monoisotopic (exact) mass is 195 g/mol. The summed E-state index contributed by atoms with van der Waals surface area (Å²) in [5, 5.41) is 0. The van der Waals surface area contributed by atoms with Gasteiger partial charge in [-0.3, -0.25) is 0 Å². The predicted octanol–water partition coefficient (Wildman–Crippen LogP) is 2.74. The van der Waals surface area contributed by atoms with E-state index in [1.165, 1.54) is 6.92 Å². The lowest BCUT2D eigenvalue weighted by Gasteiger charge is -2.25. The highest BCUT2D eigenvalue weighted by Gasteiger charge is 2.52. The third-order valence-electron chi connectivity index (χ3n) is 1.06. The minimum absolute atomic E-state index is 0.209. The molecule has 0 aromatic heterocycles. The molecular formula is C5H7F6N. The second kappa shape index (κ2) is 3.51. The van der Waals surface area contributed by atoms with Crippen LogP contribution in [0.5, 0.6) is 0 Å². The highest BCUT2D eigenvalue weighted by atomic mass is 19.4. The Kier molecular flexibility index (Phi) is 3.37. The summed E-state index contributed by atoms with van der Waals surface area (Å²) in [6.07, 6.45) is -10.9. The van der Waals surface area contributed by atoms with Gasteiger partial charge in [0.15, 0.2) is 0 Å². The van der Waals surface area contributed by atoms with Crippen molar-refractivity contribution in [2.75, 3.05) is 6.54 Å². The minimum Gasteiger partial charge on any atom is -0.155 e. The lowest BCUT2D eigenvalue weighted by molar-refractivity contribution is -0.372. The molecule has 0 saturated heterocycles. The maximum Gasteiger partial charge on any atom is 0.467 e. The van der Waals surface area contributed by atoms with Crippen LogP contribution in [0.25, 0.3) is 0 Å². The molecule has 0 N–H and O–H groups in total. The first kappa shape index (κ1) is 11.5. The quantitative estimate of drug-likeness (QED) is 0.483. The number of rotatable bonds is 2. The lowest BCUT2D eigenvalue weighted by atomic mass is 10.4. The second-order valence-electron chi connectivity index (χ2n) is 2.09. The van der Waals surface area contributed by atoms with Gasteiger partial charge in [-0.25, -0.2) is 0 Å². The molecule has 0 spiro atoms. The average Bonchev–Trinajstić information content (AvgIpc) is 1.77. The van der Waals surface area contributed by atoms with Gasteiger partial charge in [0, 0.05) is 6.54 Å². The van der Waals surface area contributed by atoms with E-state index in [2.05, 4.69) is 0 Å². The van der Waals surface area contributed by atoms with Gasteiger partial charge in [0.2, 0.25) is 0 Å². The number of nitrogens with zero attached hydrogens (tertiary/aromatic N) is 1. The van der Waals surface area contributed by atoms with Gasteiger partial charge in [0.05, 0.1) is 0 Å². The van der Waals surface area contributed by atoms with Gasteiger partial charge < -0.3 is 0 Å². The molecule has 74 valence electrons. The highest BCUT2D eigenvalue weighted by molar-refractivity contribution is 4.61. The van der Waals surface area contributed by atoms with Crippen molar-refractivity contribution in [2.45, 2.75) is 25.9 Å². The van der Waals surface area contributed by atoms with Crippen LogP contribution in [0.1, 0.15) is 13.3 Å². The molecule has 0 fully saturated rings. The van der Waals surface area contributed by atoms with E-state index < -0.39 is 24.0 Å².